The summed E-state index contributed by atoms with van der Waals surface area (Å²) in [5.74, 6) is 1.29. The average Bonchev–Trinajstić information content (AvgIpc) is 2.40. The van der Waals surface area contributed by atoms with E-state index in [4.69, 9.17) is 4.74 Å². The predicted molar refractivity (Wildman–Crippen MR) is 75.4 cm³/mol. The van der Waals surface area contributed by atoms with Gasteiger partial charge in [0.15, 0.2) is 0 Å². The number of ether oxygens (including phenoxy) is 1. The number of nitrogens with zero attached hydrogens (tertiary/aromatic N) is 1. The van der Waals surface area contributed by atoms with Crippen molar-refractivity contribution in [3.63, 3.8) is 0 Å². The van der Waals surface area contributed by atoms with Gasteiger partial charge in [-0.2, -0.15) is 0 Å². The van der Waals surface area contributed by atoms with Crippen molar-refractivity contribution in [1.29, 1.82) is 0 Å². The minimum atomic E-state index is 0.535. The van der Waals surface area contributed by atoms with Crippen molar-refractivity contribution in [2.24, 2.45) is 4.99 Å². The van der Waals surface area contributed by atoms with E-state index in [9.17, 15) is 0 Å². The Morgan fingerprint density at radius 3 is 2.06 bits per heavy atom. The number of hydrogen-bond donors (Lipinski definition) is 0. The molecule has 0 bridgehead atoms. The van der Waals surface area contributed by atoms with Crippen LogP contribution in [0.15, 0.2) is 77.8 Å². The van der Waals surface area contributed by atoms with Crippen molar-refractivity contribution in [2.75, 3.05) is 0 Å². The van der Waals surface area contributed by atoms with Gasteiger partial charge in [0.25, 0.3) is 0 Å². The highest BCUT2D eigenvalue weighted by molar-refractivity contribution is 5.95. The molecule has 0 amide bonds. The highest BCUT2D eigenvalue weighted by atomic mass is 16.5. The molecule has 2 heteroatoms. The third-order valence-electron chi connectivity index (χ3n) is 2.31. The molecule has 0 heterocycles. The van der Waals surface area contributed by atoms with Crippen molar-refractivity contribution in [3.05, 3.63) is 72.8 Å². The molecular weight excluding hydrogens is 222 g/mol. The zero-order valence-corrected chi connectivity index (χ0v) is 10.3. The summed E-state index contributed by atoms with van der Waals surface area (Å²) in [6.07, 6.45) is 0. The zero-order valence-electron chi connectivity index (χ0n) is 10.3. The monoisotopic (exact) mass is 237 g/mol. The first kappa shape index (κ1) is 12.1. The average molecular weight is 237 g/mol. The molecule has 0 aromatic heterocycles. The van der Waals surface area contributed by atoms with Gasteiger partial charge in [-0.25, -0.2) is 4.99 Å². The van der Waals surface area contributed by atoms with Gasteiger partial charge in [-0.15, -0.1) is 0 Å². The third kappa shape index (κ3) is 3.32. The topological polar surface area (TPSA) is 21.6 Å². The van der Waals surface area contributed by atoms with E-state index in [0.717, 1.165) is 17.0 Å². The summed E-state index contributed by atoms with van der Waals surface area (Å²) in [6, 6.07) is 19.3. The lowest BCUT2D eigenvalue weighted by atomic mass is 10.3. The minimum Gasteiger partial charge on any atom is -0.439 e. The third-order valence-corrected chi connectivity index (χ3v) is 2.31. The number of benzene rings is 2. The maximum absolute atomic E-state index is 5.73. The first-order valence-electron chi connectivity index (χ1n) is 5.78. The lowest BCUT2D eigenvalue weighted by Crippen LogP contribution is -2.08. The van der Waals surface area contributed by atoms with E-state index < -0.39 is 0 Å². The summed E-state index contributed by atoms with van der Waals surface area (Å²) in [5.41, 5.74) is 1.65. The molecule has 18 heavy (non-hydrogen) atoms. The summed E-state index contributed by atoms with van der Waals surface area (Å²) in [6.45, 7) is 5.77. The molecule has 0 saturated heterocycles. The van der Waals surface area contributed by atoms with E-state index in [1.54, 1.807) is 0 Å². The van der Waals surface area contributed by atoms with Crippen LogP contribution in [0.5, 0.6) is 5.75 Å². The van der Waals surface area contributed by atoms with Crippen molar-refractivity contribution >= 4 is 11.6 Å². The van der Waals surface area contributed by atoms with E-state index in [0.29, 0.717) is 5.90 Å². The smallest absolute Gasteiger partial charge is 0.222 e. The molecule has 2 aromatic carbocycles. The molecular formula is C16H15NO. The number of hydrogen-bond acceptors (Lipinski definition) is 2. The van der Waals surface area contributed by atoms with Gasteiger partial charge in [-0.3, -0.25) is 0 Å². The quantitative estimate of drug-likeness (QED) is 0.573. The van der Waals surface area contributed by atoms with Crippen molar-refractivity contribution < 1.29 is 4.74 Å². The number of rotatable bonds is 3. The van der Waals surface area contributed by atoms with Crippen LogP contribution in [-0.2, 0) is 0 Å². The molecule has 0 radical (unpaired) electrons. The molecule has 0 saturated carbocycles. The summed E-state index contributed by atoms with van der Waals surface area (Å²) < 4.78 is 5.73. The normalized spacial score (nSPS) is 11.1. The Labute approximate surface area is 107 Å². The molecule has 2 rings (SSSR count). The number of aliphatic imine (C=N–C) groups is 1. The van der Waals surface area contributed by atoms with Crippen LogP contribution in [-0.4, -0.2) is 5.90 Å². The second kappa shape index (κ2) is 5.82. The van der Waals surface area contributed by atoms with Gasteiger partial charge >= 0.3 is 0 Å². The van der Waals surface area contributed by atoms with Crippen LogP contribution >= 0.6 is 0 Å². The lowest BCUT2D eigenvalue weighted by Gasteiger charge is -2.08. The van der Waals surface area contributed by atoms with Crippen LogP contribution in [0.2, 0.25) is 0 Å². The summed E-state index contributed by atoms with van der Waals surface area (Å²) in [7, 11) is 0. The second-order valence-electron chi connectivity index (χ2n) is 3.95. The fourth-order valence-corrected chi connectivity index (χ4v) is 1.43. The largest absolute Gasteiger partial charge is 0.439 e. The molecule has 90 valence electrons. The first-order valence-corrected chi connectivity index (χ1v) is 5.78. The van der Waals surface area contributed by atoms with Gasteiger partial charge in [-0.05, 0) is 31.2 Å². The lowest BCUT2D eigenvalue weighted by molar-refractivity contribution is 0.551. The van der Waals surface area contributed by atoms with Crippen LogP contribution in [0.25, 0.3) is 0 Å². The predicted octanol–water partition coefficient (Wildman–Crippen LogP) is 4.37. The first-order chi connectivity index (χ1) is 8.75. The molecule has 0 aliphatic heterocycles. The van der Waals surface area contributed by atoms with Gasteiger partial charge in [0.1, 0.15) is 5.75 Å². The van der Waals surface area contributed by atoms with Gasteiger partial charge in [-0.1, -0.05) is 43.0 Å². The van der Waals surface area contributed by atoms with E-state index in [1.807, 2.05) is 67.6 Å². The Morgan fingerprint density at radius 2 is 1.50 bits per heavy atom. The number of para-hydroxylation sites is 2. The van der Waals surface area contributed by atoms with E-state index in [-0.39, 0.29) is 0 Å². The van der Waals surface area contributed by atoms with E-state index in [2.05, 4.69) is 11.6 Å². The highest BCUT2D eigenvalue weighted by Gasteiger charge is 2.03. The Morgan fingerprint density at radius 1 is 0.944 bits per heavy atom. The summed E-state index contributed by atoms with van der Waals surface area (Å²) in [5, 5.41) is 0. The molecule has 0 aliphatic carbocycles. The van der Waals surface area contributed by atoms with Crippen molar-refractivity contribution in [1.82, 2.24) is 0 Å². The molecule has 2 nitrogen and oxygen atoms in total. The standard InChI is InChI=1S/C16H15NO/c1-13(2)16(17-14-9-5-3-6-10-14)18-15-11-7-4-8-12-15/h3-12H,1H2,2H3/b17-16+. The van der Waals surface area contributed by atoms with Crippen LogP contribution in [0, 0.1) is 0 Å². The van der Waals surface area contributed by atoms with Crippen LogP contribution < -0.4 is 4.74 Å². The Hall–Kier alpha value is -2.35. The van der Waals surface area contributed by atoms with Crippen LogP contribution in [0.3, 0.4) is 0 Å². The van der Waals surface area contributed by atoms with Gasteiger partial charge < -0.3 is 4.74 Å². The van der Waals surface area contributed by atoms with Crippen LogP contribution in [0.4, 0.5) is 5.69 Å². The molecule has 0 spiro atoms. The molecule has 0 fully saturated rings. The Balaban J connectivity index is 2.25. The highest BCUT2D eigenvalue weighted by Crippen LogP contribution is 2.16. The van der Waals surface area contributed by atoms with Crippen molar-refractivity contribution in [2.45, 2.75) is 6.92 Å². The molecule has 0 N–H and O–H groups in total. The summed E-state index contributed by atoms with van der Waals surface area (Å²) in [4.78, 5) is 4.45. The zero-order chi connectivity index (χ0) is 12.8. The maximum atomic E-state index is 5.73. The Kier molecular flexibility index (Phi) is 3.92. The van der Waals surface area contributed by atoms with Crippen LogP contribution in [0.1, 0.15) is 6.92 Å². The van der Waals surface area contributed by atoms with Gasteiger partial charge in [0, 0.05) is 5.57 Å². The second-order valence-corrected chi connectivity index (χ2v) is 3.95. The van der Waals surface area contributed by atoms with Gasteiger partial charge in [0.05, 0.1) is 5.69 Å². The summed E-state index contributed by atoms with van der Waals surface area (Å²) >= 11 is 0. The Bertz CT molecular complexity index is 544. The fraction of sp³-hybridized carbons (Fsp3) is 0.0625. The van der Waals surface area contributed by atoms with Gasteiger partial charge in [0.2, 0.25) is 5.90 Å². The molecule has 0 unspecified atom stereocenters. The molecule has 0 atom stereocenters. The SMILES string of the molecule is C=C(C)/C(=N\c1ccccc1)Oc1ccccc1. The molecule has 0 aliphatic rings. The minimum absolute atomic E-state index is 0.535. The maximum Gasteiger partial charge on any atom is 0.222 e. The van der Waals surface area contributed by atoms with E-state index >= 15 is 0 Å². The van der Waals surface area contributed by atoms with Crippen molar-refractivity contribution in [3.8, 4) is 5.75 Å². The van der Waals surface area contributed by atoms with E-state index in [1.165, 1.54) is 0 Å². The molecule has 2 aromatic rings. The fourth-order valence-electron chi connectivity index (χ4n) is 1.43.